The molecule has 0 aromatic heterocycles. The molecule has 0 amide bonds. The topological polar surface area (TPSA) is 105 Å². The Morgan fingerprint density at radius 3 is 2.73 bits per heavy atom. The molecule has 0 aromatic carbocycles. The summed E-state index contributed by atoms with van der Waals surface area (Å²) < 4.78 is 29.9. The van der Waals surface area contributed by atoms with Gasteiger partial charge in [0.1, 0.15) is 0 Å². The molecule has 0 fully saturated rings. The summed E-state index contributed by atoms with van der Waals surface area (Å²) in [5, 5.41) is 6.95. The second kappa shape index (κ2) is 7.61. The lowest BCUT2D eigenvalue weighted by molar-refractivity contribution is 0.163. The standard InChI is InChI=1S/C8H19N3O3S/c1-2-14-6-7-15(12,13)11-5-3-4-8(9)10/h11H,2-7H2,1H3,(H3,9,10). The van der Waals surface area contributed by atoms with Crippen molar-refractivity contribution in [1.82, 2.24) is 4.72 Å². The van der Waals surface area contributed by atoms with Crippen LogP contribution < -0.4 is 10.5 Å². The number of rotatable bonds is 9. The van der Waals surface area contributed by atoms with Crippen LogP contribution in [0.5, 0.6) is 0 Å². The third-order valence-corrected chi connectivity index (χ3v) is 2.99. The minimum Gasteiger partial charge on any atom is -0.388 e. The lowest BCUT2D eigenvalue weighted by atomic mass is 10.3. The number of nitrogens with two attached hydrogens (primary N) is 1. The molecular formula is C8H19N3O3S. The molecule has 6 nitrogen and oxygen atoms in total. The average Bonchev–Trinajstić information content (AvgIpc) is 2.13. The molecule has 0 atom stereocenters. The van der Waals surface area contributed by atoms with Crippen LogP contribution >= 0.6 is 0 Å². The lowest BCUT2D eigenvalue weighted by Crippen LogP contribution is -2.29. The molecule has 0 bridgehead atoms. The molecule has 0 saturated carbocycles. The van der Waals surface area contributed by atoms with Crippen LogP contribution in [-0.2, 0) is 14.8 Å². The van der Waals surface area contributed by atoms with E-state index < -0.39 is 10.0 Å². The molecule has 0 radical (unpaired) electrons. The van der Waals surface area contributed by atoms with Gasteiger partial charge in [-0.3, -0.25) is 5.41 Å². The zero-order chi connectivity index (χ0) is 11.7. The number of sulfonamides is 1. The molecule has 0 spiro atoms. The van der Waals surface area contributed by atoms with Crippen LogP contribution in [-0.4, -0.2) is 39.8 Å². The Balaban J connectivity index is 3.60. The molecule has 0 aliphatic rings. The van der Waals surface area contributed by atoms with E-state index in [4.69, 9.17) is 15.9 Å². The first-order valence-electron chi connectivity index (χ1n) is 4.86. The van der Waals surface area contributed by atoms with Gasteiger partial charge in [0.25, 0.3) is 0 Å². The summed E-state index contributed by atoms with van der Waals surface area (Å²) in [6.07, 6.45) is 0.956. The van der Waals surface area contributed by atoms with E-state index in [9.17, 15) is 8.42 Å². The second-order valence-electron chi connectivity index (χ2n) is 3.04. The molecule has 15 heavy (non-hydrogen) atoms. The minimum atomic E-state index is -3.24. The van der Waals surface area contributed by atoms with Crippen molar-refractivity contribution in [2.75, 3.05) is 25.5 Å². The monoisotopic (exact) mass is 237 g/mol. The maximum absolute atomic E-state index is 11.3. The molecule has 0 saturated heterocycles. The molecule has 0 aliphatic carbocycles. The van der Waals surface area contributed by atoms with Crippen LogP contribution in [0.3, 0.4) is 0 Å². The van der Waals surface area contributed by atoms with E-state index >= 15 is 0 Å². The van der Waals surface area contributed by atoms with E-state index in [2.05, 4.69) is 4.72 Å². The number of hydrogen-bond acceptors (Lipinski definition) is 4. The van der Waals surface area contributed by atoms with Crippen LogP contribution in [0.15, 0.2) is 0 Å². The first kappa shape index (κ1) is 14.3. The highest BCUT2D eigenvalue weighted by Crippen LogP contribution is 1.89. The highest BCUT2D eigenvalue weighted by atomic mass is 32.2. The summed E-state index contributed by atoms with van der Waals surface area (Å²) in [6.45, 7) is 2.85. The van der Waals surface area contributed by atoms with Crippen LogP contribution in [0.2, 0.25) is 0 Å². The van der Waals surface area contributed by atoms with Crippen molar-refractivity contribution in [2.24, 2.45) is 5.73 Å². The minimum absolute atomic E-state index is 0.0269. The van der Waals surface area contributed by atoms with Crippen molar-refractivity contribution < 1.29 is 13.2 Å². The van der Waals surface area contributed by atoms with Gasteiger partial charge in [-0.15, -0.1) is 0 Å². The largest absolute Gasteiger partial charge is 0.388 e. The van der Waals surface area contributed by atoms with E-state index in [1.807, 2.05) is 6.92 Å². The summed E-state index contributed by atoms with van der Waals surface area (Å²) in [7, 11) is -3.24. The molecule has 90 valence electrons. The summed E-state index contributed by atoms with van der Waals surface area (Å²) in [4.78, 5) is 0. The highest BCUT2D eigenvalue weighted by Gasteiger charge is 2.08. The van der Waals surface area contributed by atoms with Gasteiger partial charge < -0.3 is 10.5 Å². The summed E-state index contributed by atoms with van der Waals surface area (Å²) in [5.74, 6) is 0.0458. The molecule has 4 N–H and O–H groups in total. The fraction of sp³-hybridized carbons (Fsp3) is 0.875. The van der Waals surface area contributed by atoms with E-state index in [1.165, 1.54) is 0 Å². The zero-order valence-electron chi connectivity index (χ0n) is 8.95. The molecular weight excluding hydrogens is 218 g/mol. The van der Waals surface area contributed by atoms with Gasteiger partial charge in [0.05, 0.1) is 18.2 Å². The van der Waals surface area contributed by atoms with Crippen LogP contribution in [0.4, 0.5) is 0 Å². The smallest absolute Gasteiger partial charge is 0.213 e. The Labute approximate surface area is 90.7 Å². The van der Waals surface area contributed by atoms with Crippen LogP contribution in [0.25, 0.3) is 0 Å². The fourth-order valence-electron chi connectivity index (χ4n) is 0.892. The molecule has 0 unspecified atom stereocenters. The van der Waals surface area contributed by atoms with E-state index in [1.54, 1.807) is 0 Å². The highest BCUT2D eigenvalue weighted by molar-refractivity contribution is 7.89. The van der Waals surface area contributed by atoms with Gasteiger partial charge in [-0.1, -0.05) is 0 Å². The maximum Gasteiger partial charge on any atom is 0.213 e. The predicted molar refractivity (Wildman–Crippen MR) is 59.4 cm³/mol. The summed E-state index contributed by atoms with van der Waals surface area (Å²) >= 11 is 0. The third kappa shape index (κ3) is 9.64. The second-order valence-corrected chi connectivity index (χ2v) is 4.97. The Morgan fingerprint density at radius 1 is 1.53 bits per heavy atom. The van der Waals surface area contributed by atoms with Crippen molar-refractivity contribution in [3.05, 3.63) is 0 Å². The third-order valence-electron chi connectivity index (χ3n) is 1.65. The quantitative estimate of drug-likeness (QED) is 0.290. The van der Waals surface area contributed by atoms with Crippen LogP contribution in [0.1, 0.15) is 19.8 Å². The molecule has 0 aliphatic heterocycles. The van der Waals surface area contributed by atoms with E-state index in [-0.39, 0.29) is 18.2 Å². The van der Waals surface area contributed by atoms with Gasteiger partial charge in [-0.25, -0.2) is 13.1 Å². The zero-order valence-corrected chi connectivity index (χ0v) is 9.77. The predicted octanol–water partition coefficient (Wildman–Crippen LogP) is -0.342. The molecule has 0 rings (SSSR count). The molecule has 0 aromatic rings. The number of amidine groups is 1. The van der Waals surface area contributed by atoms with Gasteiger partial charge in [-0.2, -0.15) is 0 Å². The van der Waals surface area contributed by atoms with Gasteiger partial charge in [0.15, 0.2) is 0 Å². The van der Waals surface area contributed by atoms with Crippen molar-refractivity contribution in [2.45, 2.75) is 19.8 Å². The SMILES string of the molecule is CCOCCS(=O)(=O)NCCCC(=N)N. The van der Waals surface area contributed by atoms with E-state index in [0.717, 1.165) is 0 Å². The Hall–Kier alpha value is -0.660. The fourth-order valence-corrected chi connectivity index (χ4v) is 1.83. The van der Waals surface area contributed by atoms with Crippen molar-refractivity contribution in [1.29, 1.82) is 5.41 Å². The van der Waals surface area contributed by atoms with E-state index in [0.29, 0.717) is 26.0 Å². The first-order valence-corrected chi connectivity index (χ1v) is 6.51. The summed E-state index contributed by atoms with van der Waals surface area (Å²) in [6, 6.07) is 0. The van der Waals surface area contributed by atoms with Crippen LogP contribution in [0, 0.1) is 5.41 Å². The summed E-state index contributed by atoms with van der Waals surface area (Å²) in [5.41, 5.74) is 5.13. The first-order chi connectivity index (χ1) is 6.98. The molecule has 7 heteroatoms. The lowest BCUT2D eigenvalue weighted by Gasteiger charge is -2.06. The van der Waals surface area contributed by atoms with Gasteiger partial charge in [0, 0.05) is 19.6 Å². The normalized spacial score (nSPS) is 11.5. The van der Waals surface area contributed by atoms with Gasteiger partial charge in [0.2, 0.25) is 10.0 Å². The Morgan fingerprint density at radius 2 is 2.20 bits per heavy atom. The molecule has 0 heterocycles. The number of ether oxygens (including phenoxy) is 1. The van der Waals surface area contributed by atoms with Gasteiger partial charge in [-0.05, 0) is 13.3 Å². The Kier molecular flexibility index (Phi) is 7.27. The van der Waals surface area contributed by atoms with Crippen molar-refractivity contribution in [3.8, 4) is 0 Å². The average molecular weight is 237 g/mol. The maximum atomic E-state index is 11.3. The number of nitrogens with one attached hydrogen (secondary N) is 2. The van der Waals surface area contributed by atoms with Crippen molar-refractivity contribution >= 4 is 15.9 Å². The van der Waals surface area contributed by atoms with Gasteiger partial charge >= 0.3 is 0 Å². The Bertz CT molecular complexity index is 277. The number of hydrogen-bond donors (Lipinski definition) is 3. The van der Waals surface area contributed by atoms with Crippen molar-refractivity contribution in [3.63, 3.8) is 0 Å².